The molecule has 2 aromatic heterocycles. The summed E-state index contributed by atoms with van der Waals surface area (Å²) < 4.78 is 0.881. The van der Waals surface area contributed by atoms with Gasteiger partial charge in [0.1, 0.15) is 16.7 Å². The van der Waals surface area contributed by atoms with Crippen LogP contribution in [0.3, 0.4) is 0 Å². The van der Waals surface area contributed by atoms with Crippen LogP contribution in [0.2, 0.25) is 5.15 Å². The molecule has 0 bridgehead atoms. The number of hydrogen-bond donors (Lipinski definition) is 1. The van der Waals surface area contributed by atoms with Crippen molar-refractivity contribution < 1.29 is 4.79 Å². The SMILES string of the molecule is Cc1nc(NC(=O)c2cnc(Cl)cn2)ccc1Br. The smallest absolute Gasteiger partial charge is 0.277 e. The molecule has 0 spiro atoms. The average molecular weight is 328 g/mol. The van der Waals surface area contributed by atoms with Gasteiger partial charge in [-0.2, -0.15) is 0 Å². The molecule has 2 heterocycles. The number of nitrogens with zero attached hydrogens (tertiary/aromatic N) is 3. The Hall–Kier alpha value is -1.53. The molecular formula is C11H8BrClN4O. The first-order valence-corrected chi connectivity index (χ1v) is 6.15. The van der Waals surface area contributed by atoms with Crippen molar-refractivity contribution in [3.8, 4) is 0 Å². The van der Waals surface area contributed by atoms with Crippen LogP contribution >= 0.6 is 27.5 Å². The molecule has 0 aliphatic heterocycles. The maximum Gasteiger partial charge on any atom is 0.277 e. The second-order valence-electron chi connectivity index (χ2n) is 3.44. The van der Waals surface area contributed by atoms with Crippen molar-refractivity contribution >= 4 is 39.3 Å². The molecule has 5 nitrogen and oxygen atoms in total. The van der Waals surface area contributed by atoms with Gasteiger partial charge in [0.15, 0.2) is 0 Å². The zero-order valence-corrected chi connectivity index (χ0v) is 11.7. The maximum absolute atomic E-state index is 11.8. The van der Waals surface area contributed by atoms with Crippen LogP contribution in [0.1, 0.15) is 16.2 Å². The van der Waals surface area contributed by atoms with E-state index in [1.54, 1.807) is 6.07 Å². The van der Waals surface area contributed by atoms with Gasteiger partial charge in [-0.3, -0.25) is 4.79 Å². The van der Waals surface area contributed by atoms with E-state index in [1.165, 1.54) is 12.4 Å². The highest BCUT2D eigenvalue weighted by Gasteiger charge is 2.09. The molecule has 0 saturated heterocycles. The van der Waals surface area contributed by atoms with Crippen LogP contribution in [-0.2, 0) is 0 Å². The molecule has 18 heavy (non-hydrogen) atoms. The molecule has 2 rings (SSSR count). The second-order valence-corrected chi connectivity index (χ2v) is 4.68. The number of rotatable bonds is 2. The van der Waals surface area contributed by atoms with Crippen LogP contribution in [0, 0.1) is 6.92 Å². The fourth-order valence-corrected chi connectivity index (χ4v) is 1.54. The van der Waals surface area contributed by atoms with Crippen molar-refractivity contribution in [2.24, 2.45) is 0 Å². The number of pyridine rings is 1. The lowest BCUT2D eigenvalue weighted by atomic mass is 10.3. The minimum Gasteiger partial charge on any atom is -0.305 e. The minimum atomic E-state index is -0.381. The lowest BCUT2D eigenvalue weighted by Gasteiger charge is -2.05. The van der Waals surface area contributed by atoms with E-state index in [9.17, 15) is 4.79 Å². The van der Waals surface area contributed by atoms with Gasteiger partial charge in [0, 0.05) is 4.47 Å². The average Bonchev–Trinajstić information content (AvgIpc) is 2.34. The van der Waals surface area contributed by atoms with Crippen LogP contribution in [-0.4, -0.2) is 20.9 Å². The summed E-state index contributed by atoms with van der Waals surface area (Å²) in [5, 5.41) is 2.87. The van der Waals surface area contributed by atoms with E-state index in [0.29, 0.717) is 5.82 Å². The Kier molecular flexibility index (Phi) is 3.88. The molecule has 0 fully saturated rings. The fraction of sp³-hybridized carbons (Fsp3) is 0.0909. The van der Waals surface area contributed by atoms with Gasteiger partial charge in [-0.15, -0.1) is 0 Å². The Morgan fingerprint density at radius 1 is 1.33 bits per heavy atom. The molecule has 0 unspecified atom stereocenters. The Labute approximate surface area is 117 Å². The van der Waals surface area contributed by atoms with E-state index in [4.69, 9.17) is 11.6 Å². The van der Waals surface area contributed by atoms with Crippen molar-refractivity contribution in [1.29, 1.82) is 0 Å². The molecule has 0 radical (unpaired) electrons. The van der Waals surface area contributed by atoms with Gasteiger partial charge in [0.05, 0.1) is 18.1 Å². The summed E-state index contributed by atoms with van der Waals surface area (Å²) in [7, 11) is 0. The summed E-state index contributed by atoms with van der Waals surface area (Å²) in [6.45, 7) is 1.84. The lowest BCUT2D eigenvalue weighted by Crippen LogP contribution is -2.15. The largest absolute Gasteiger partial charge is 0.305 e. The van der Waals surface area contributed by atoms with Gasteiger partial charge >= 0.3 is 0 Å². The third-order valence-electron chi connectivity index (χ3n) is 2.12. The van der Waals surface area contributed by atoms with Crippen molar-refractivity contribution in [2.75, 3.05) is 5.32 Å². The topological polar surface area (TPSA) is 67.8 Å². The number of anilines is 1. The van der Waals surface area contributed by atoms with Gasteiger partial charge in [-0.25, -0.2) is 15.0 Å². The number of halogens is 2. The third kappa shape index (κ3) is 3.02. The molecule has 0 aliphatic carbocycles. The van der Waals surface area contributed by atoms with Gasteiger partial charge in [0.25, 0.3) is 5.91 Å². The van der Waals surface area contributed by atoms with E-state index < -0.39 is 0 Å². The van der Waals surface area contributed by atoms with Crippen LogP contribution in [0.15, 0.2) is 29.0 Å². The van der Waals surface area contributed by atoms with Crippen LogP contribution in [0.4, 0.5) is 5.82 Å². The summed E-state index contributed by atoms with van der Waals surface area (Å²) >= 11 is 8.93. The first-order chi connectivity index (χ1) is 8.56. The maximum atomic E-state index is 11.8. The van der Waals surface area contributed by atoms with E-state index in [0.717, 1.165) is 10.2 Å². The summed E-state index contributed by atoms with van der Waals surface area (Å²) in [6.07, 6.45) is 2.63. The van der Waals surface area contributed by atoms with Crippen molar-refractivity contribution in [2.45, 2.75) is 6.92 Å². The number of aromatic nitrogens is 3. The van der Waals surface area contributed by atoms with E-state index in [2.05, 4.69) is 36.2 Å². The molecule has 1 N–H and O–H groups in total. The molecule has 0 saturated carbocycles. The number of amides is 1. The Morgan fingerprint density at radius 3 is 2.72 bits per heavy atom. The van der Waals surface area contributed by atoms with Crippen LogP contribution in [0.25, 0.3) is 0 Å². The van der Waals surface area contributed by atoms with Crippen LogP contribution in [0.5, 0.6) is 0 Å². The van der Waals surface area contributed by atoms with Gasteiger partial charge in [-0.05, 0) is 35.0 Å². The number of aryl methyl sites for hydroxylation is 1. The minimum absolute atomic E-state index is 0.182. The zero-order chi connectivity index (χ0) is 13.1. The van der Waals surface area contributed by atoms with Crippen LogP contribution < -0.4 is 5.32 Å². The quantitative estimate of drug-likeness (QED) is 0.921. The highest BCUT2D eigenvalue weighted by molar-refractivity contribution is 9.10. The molecule has 7 heteroatoms. The van der Waals surface area contributed by atoms with Crippen molar-refractivity contribution in [3.05, 3.63) is 45.5 Å². The second kappa shape index (κ2) is 5.41. The molecule has 0 aliphatic rings. The van der Waals surface area contributed by atoms with Crippen molar-refractivity contribution in [3.63, 3.8) is 0 Å². The zero-order valence-electron chi connectivity index (χ0n) is 9.32. The highest BCUT2D eigenvalue weighted by Crippen LogP contribution is 2.16. The predicted molar refractivity (Wildman–Crippen MR) is 71.7 cm³/mol. The number of carbonyl (C=O) groups is 1. The fourth-order valence-electron chi connectivity index (χ4n) is 1.22. The van der Waals surface area contributed by atoms with Gasteiger partial charge in [0.2, 0.25) is 0 Å². The first-order valence-electron chi connectivity index (χ1n) is 4.98. The molecular weight excluding hydrogens is 320 g/mol. The Balaban J connectivity index is 2.16. The molecule has 0 aromatic carbocycles. The first kappa shape index (κ1) is 12.9. The lowest BCUT2D eigenvalue weighted by molar-refractivity contribution is 0.102. The molecule has 0 atom stereocenters. The molecule has 92 valence electrons. The summed E-state index contributed by atoms with van der Waals surface area (Å²) in [5.41, 5.74) is 0.969. The van der Waals surface area contributed by atoms with Gasteiger partial charge in [-0.1, -0.05) is 11.6 Å². The Bertz CT molecular complexity index is 588. The molecule has 2 aromatic rings. The third-order valence-corrected chi connectivity index (χ3v) is 3.15. The summed E-state index contributed by atoms with van der Waals surface area (Å²) in [5.74, 6) is 0.0749. The highest BCUT2D eigenvalue weighted by atomic mass is 79.9. The number of hydrogen-bond acceptors (Lipinski definition) is 4. The standard InChI is InChI=1S/C11H8BrClN4O/c1-6-7(12)2-3-10(16-6)17-11(18)8-4-15-9(13)5-14-8/h2-5H,1H3,(H,16,17,18). The predicted octanol–water partition coefficient (Wildman–Crippen LogP) is 2.85. The summed E-state index contributed by atoms with van der Waals surface area (Å²) in [6, 6.07) is 3.50. The molecule has 1 amide bonds. The van der Waals surface area contributed by atoms with Gasteiger partial charge < -0.3 is 5.32 Å². The Morgan fingerprint density at radius 2 is 2.11 bits per heavy atom. The van der Waals surface area contributed by atoms with E-state index in [1.807, 2.05) is 13.0 Å². The number of nitrogens with one attached hydrogen (secondary N) is 1. The summed E-state index contributed by atoms with van der Waals surface area (Å²) in [4.78, 5) is 23.7. The monoisotopic (exact) mass is 326 g/mol. The number of carbonyl (C=O) groups excluding carboxylic acids is 1. The van der Waals surface area contributed by atoms with E-state index >= 15 is 0 Å². The van der Waals surface area contributed by atoms with Crippen molar-refractivity contribution in [1.82, 2.24) is 15.0 Å². The van der Waals surface area contributed by atoms with E-state index in [-0.39, 0.29) is 16.8 Å². The normalized spacial score (nSPS) is 10.2.